The minimum atomic E-state index is -0.806. The zero-order chi connectivity index (χ0) is 12.1. The molecular formula is C11H16ClNO2S. The molecule has 0 saturated heterocycles. The van der Waals surface area contributed by atoms with E-state index in [1.54, 1.807) is 0 Å². The predicted octanol–water partition coefficient (Wildman–Crippen LogP) is 2.99. The van der Waals surface area contributed by atoms with Crippen LogP contribution in [0, 0.1) is 5.92 Å². The van der Waals surface area contributed by atoms with Crippen molar-refractivity contribution in [1.29, 1.82) is 0 Å². The Kier molecular flexibility index (Phi) is 5.25. The van der Waals surface area contributed by atoms with Crippen LogP contribution < -0.4 is 5.32 Å². The third-order valence-electron chi connectivity index (χ3n) is 2.24. The number of halogens is 1. The molecule has 1 heterocycles. The maximum Gasteiger partial charge on any atom is 0.320 e. The summed E-state index contributed by atoms with van der Waals surface area (Å²) in [6, 6.07) is 1.41. The number of carboxylic acid groups (broad SMARTS) is 1. The first-order valence-electron chi connectivity index (χ1n) is 5.18. The number of nitrogens with one attached hydrogen (secondary N) is 1. The Hall–Kier alpha value is -0.580. The molecule has 5 heteroatoms. The number of carbonyl (C=O) groups is 1. The van der Waals surface area contributed by atoms with E-state index < -0.39 is 12.0 Å². The molecule has 1 aromatic heterocycles. The van der Waals surface area contributed by atoms with Gasteiger partial charge >= 0.3 is 5.97 Å². The summed E-state index contributed by atoms with van der Waals surface area (Å²) in [5.41, 5.74) is 0.960. The van der Waals surface area contributed by atoms with E-state index in [2.05, 4.69) is 5.32 Å². The second-order valence-electron chi connectivity index (χ2n) is 4.12. The third-order valence-corrected chi connectivity index (χ3v) is 3.49. The van der Waals surface area contributed by atoms with E-state index in [1.165, 1.54) is 11.3 Å². The number of aliphatic carboxylic acids is 1. The average molecular weight is 262 g/mol. The standard InChI is InChI=1S/C11H16ClNO2S/c1-7(2)5-9(11(14)15)13-6-8-3-4-16-10(8)12/h3-4,7,9,13H,5-6H2,1-2H3,(H,14,15). The van der Waals surface area contributed by atoms with Gasteiger partial charge in [-0.1, -0.05) is 25.4 Å². The molecule has 0 bridgehead atoms. The fourth-order valence-electron chi connectivity index (χ4n) is 1.42. The monoisotopic (exact) mass is 261 g/mol. The Balaban J connectivity index is 2.50. The zero-order valence-electron chi connectivity index (χ0n) is 9.37. The van der Waals surface area contributed by atoms with Crippen molar-refractivity contribution in [3.63, 3.8) is 0 Å². The Morgan fingerprint density at radius 2 is 2.31 bits per heavy atom. The van der Waals surface area contributed by atoms with E-state index in [0.717, 1.165) is 9.90 Å². The number of hydrogen-bond acceptors (Lipinski definition) is 3. The molecule has 3 nitrogen and oxygen atoms in total. The first-order valence-corrected chi connectivity index (χ1v) is 6.44. The molecule has 0 aliphatic heterocycles. The van der Waals surface area contributed by atoms with E-state index in [0.29, 0.717) is 18.9 Å². The number of rotatable bonds is 6. The summed E-state index contributed by atoms with van der Waals surface area (Å²) in [4.78, 5) is 11.0. The fourth-order valence-corrected chi connectivity index (χ4v) is 2.35. The maximum absolute atomic E-state index is 11.0. The molecule has 2 N–H and O–H groups in total. The predicted molar refractivity (Wildman–Crippen MR) is 67.0 cm³/mol. The lowest BCUT2D eigenvalue weighted by Crippen LogP contribution is -2.37. The number of thiophene rings is 1. The normalized spacial score (nSPS) is 13.0. The van der Waals surface area contributed by atoms with Gasteiger partial charge in [-0.05, 0) is 29.3 Å². The minimum absolute atomic E-state index is 0.353. The molecule has 0 fully saturated rings. The van der Waals surface area contributed by atoms with Crippen LogP contribution in [0.3, 0.4) is 0 Å². The highest BCUT2D eigenvalue weighted by molar-refractivity contribution is 7.14. The third kappa shape index (κ3) is 4.12. The lowest BCUT2D eigenvalue weighted by atomic mass is 10.0. The average Bonchev–Trinajstić information content (AvgIpc) is 2.57. The molecule has 1 unspecified atom stereocenters. The van der Waals surface area contributed by atoms with Gasteiger partial charge in [0.2, 0.25) is 0 Å². The molecule has 0 aliphatic carbocycles. The van der Waals surface area contributed by atoms with Crippen molar-refractivity contribution in [3.8, 4) is 0 Å². The second kappa shape index (κ2) is 6.23. The summed E-state index contributed by atoms with van der Waals surface area (Å²) in [7, 11) is 0. The van der Waals surface area contributed by atoms with E-state index in [1.807, 2.05) is 25.3 Å². The minimum Gasteiger partial charge on any atom is -0.480 e. The van der Waals surface area contributed by atoms with Crippen molar-refractivity contribution in [2.75, 3.05) is 0 Å². The summed E-state index contributed by atoms with van der Waals surface area (Å²) in [5.74, 6) is -0.452. The molecular weight excluding hydrogens is 246 g/mol. The first kappa shape index (κ1) is 13.5. The van der Waals surface area contributed by atoms with E-state index in [-0.39, 0.29) is 0 Å². The number of carboxylic acids is 1. The van der Waals surface area contributed by atoms with E-state index in [4.69, 9.17) is 16.7 Å². The van der Waals surface area contributed by atoms with Gasteiger partial charge in [0, 0.05) is 6.54 Å². The molecule has 1 rings (SSSR count). The Morgan fingerprint density at radius 1 is 1.62 bits per heavy atom. The van der Waals surface area contributed by atoms with Crippen molar-refractivity contribution in [1.82, 2.24) is 5.32 Å². The number of hydrogen-bond donors (Lipinski definition) is 2. The Morgan fingerprint density at radius 3 is 2.75 bits per heavy atom. The molecule has 1 aromatic rings. The van der Waals surface area contributed by atoms with Gasteiger partial charge < -0.3 is 10.4 Å². The van der Waals surface area contributed by atoms with Crippen LogP contribution in [-0.4, -0.2) is 17.1 Å². The van der Waals surface area contributed by atoms with Crippen LogP contribution in [0.4, 0.5) is 0 Å². The highest BCUT2D eigenvalue weighted by atomic mass is 35.5. The van der Waals surface area contributed by atoms with Crippen molar-refractivity contribution in [2.24, 2.45) is 5.92 Å². The van der Waals surface area contributed by atoms with Crippen molar-refractivity contribution in [3.05, 3.63) is 21.3 Å². The van der Waals surface area contributed by atoms with Crippen LogP contribution in [-0.2, 0) is 11.3 Å². The maximum atomic E-state index is 11.0. The van der Waals surface area contributed by atoms with Crippen molar-refractivity contribution < 1.29 is 9.90 Å². The lowest BCUT2D eigenvalue weighted by molar-refractivity contribution is -0.140. The summed E-state index contributed by atoms with van der Waals surface area (Å²) in [6.07, 6.45) is 0.622. The molecule has 90 valence electrons. The largest absolute Gasteiger partial charge is 0.480 e. The van der Waals surface area contributed by atoms with Crippen LogP contribution in [0.15, 0.2) is 11.4 Å². The molecule has 16 heavy (non-hydrogen) atoms. The molecule has 0 saturated carbocycles. The second-order valence-corrected chi connectivity index (χ2v) is 5.64. The fraction of sp³-hybridized carbons (Fsp3) is 0.545. The quantitative estimate of drug-likeness (QED) is 0.828. The summed E-state index contributed by atoms with van der Waals surface area (Å²) in [6.45, 7) is 4.52. The molecule has 0 aliphatic rings. The van der Waals surface area contributed by atoms with Crippen LogP contribution >= 0.6 is 22.9 Å². The van der Waals surface area contributed by atoms with Crippen molar-refractivity contribution >= 4 is 28.9 Å². The van der Waals surface area contributed by atoms with Gasteiger partial charge in [0.05, 0.1) is 4.34 Å². The molecule has 0 radical (unpaired) electrons. The van der Waals surface area contributed by atoms with E-state index in [9.17, 15) is 4.79 Å². The molecule has 0 aromatic carbocycles. The van der Waals surface area contributed by atoms with Crippen LogP contribution in [0.1, 0.15) is 25.8 Å². The Labute approximate surface area is 104 Å². The van der Waals surface area contributed by atoms with Crippen LogP contribution in [0.5, 0.6) is 0 Å². The highest BCUT2D eigenvalue weighted by Crippen LogP contribution is 2.22. The lowest BCUT2D eigenvalue weighted by Gasteiger charge is -2.16. The Bertz CT molecular complexity index is 352. The first-order chi connectivity index (χ1) is 7.50. The van der Waals surface area contributed by atoms with Gasteiger partial charge in [0.1, 0.15) is 6.04 Å². The van der Waals surface area contributed by atoms with Gasteiger partial charge in [-0.25, -0.2) is 0 Å². The zero-order valence-corrected chi connectivity index (χ0v) is 10.9. The molecule has 1 atom stereocenters. The van der Waals surface area contributed by atoms with Gasteiger partial charge in [-0.3, -0.25) is 4.79 Å². The summed E-state index contributed by atoms with van der Waals surface area (Å²) < 4.78 is 0.723. The van der Waals surface area contributed by atoms with Gasteiger partial charge in [-0.15, -0.1) is 11.3 Å². The highest BCUT2D eigenvalue weighted by Gasteiger charge is 2.18. The van der Waals surface area contributed by atoms with Crippen LogP contribution in [0.25, 0.3) is 0 Å². The summed E-state index contributed by atoms with van der Waals surface area (Å²) in [5, 5.41) is 13.9. The SMILES string of the molecule is CC(C)CC(NCc1ccsc1Cl)C(=O)O. The summed E-state index contributed by atoms with van der Waals surface area (Å²) >= 11 is 7.40. The topological polar surface area (TPSA) is 49.3 Å². The van der Waals surface area contributed by atoms with Crippen LogP contribution in [0.2, 0.25) is 4.34 Å². The molecule has 0 amide bonds. The smallest absolute Gasteiger partial charge is 0.320 e. The van der Waals surface area contributed by atoms with Crippen molar-refractivity contribution in [2.45, 2.75) is 32.9 Å². The van der Waals surface area contributed by atoms with E-state index >= 15 is 0 Å². The van der Waals surface area contributed by atoms with Gasteiger partial charge in [-0.2, -0.15) is 0 Å². The molecule has 0 spiro atoms. The van der Waals surface area contributed by atoms with Gasteiger partial charge in [0.25, 0.3) is 0 Å². The van der Waals surface area contributed by atoms with Gasteiger partial charge in [0.15, 0.2) is 0 Å².